The van der Waals surface area contributed by atoms with Gasteiger partial charge in [-0.3, -0.25) is 0 Å². The van der Waals surface area contributed by atoms with Crippen LogP contribution in [-0.2, 0) is 0 Å². The minimum Gasteiger partial charge on any atom is -0.168 e. The van der Waals surface area contributed by atoms with Gasteiger partial charge in [0.15, 0.2) is 0 Å². The first kappa shape index (κ1) is 14.1. The topological polar surface area (TPSA) is 0 Å². The SMILES string of the molecule is Cc1cc(C)cc(-c2cc(C)cc3[cH-]ccc23)c1.[Li+]. The normalized spacial score (nSPS) is 10.5. The Morgan fingerprint density at radius 1 is 0.789 bits per heavy atom. The summed E-state index contributed by atoms with van der Waals surface area (Å²) >= 11 is 0. The standard InChI is InChI=1S/C18H17.Li/c1-12-7-13(2)10-16(9-12)18-11-14(3)8-15-5-4-6-17(15)18;/h4-11H,1-3H3;/q-1;+1. The Labute approximate surface area is 127 Å². The minimum atomic E-state index is 0. The van der Waals surface area contributed by atoms with Gasteiger partial charge in [0.05, 0.1) is 0 Å². The summed E-state index contributed by atoms with van der Waals surface area (Å²) in [6.07, 6.45) is 0. The Bertz CT molecular complexity index is 699. The Kier molecular flexibility index (Phi) is 3.95. The maximum Gasteiger partial charge on any atom is 1.00 e. The molecule has 0 aliphatic heterocycles. The fourth-order valence-electron chi connectivity index (χ4n) is 2.77. The third kappa shape index (κ3) is 2.66. The van der Waals surface area contributed by atoms with E-state index in [1.807, 2.05) is 0 Å². The van der Waals surface area contributed by atoms with Crippen LogP contribution in [0.2, 0.25) is 0 Å². The fraction of sp³-hybridized carbons (Fsp3) is 0.167. The average molecular weight is 240 g/mol. The molecule has 0 bridgehead atoms. The van der Waals surface area contributed by atoms with Gasteiger partial charge in [-0.15, -0.1) is 22.9 Å². The van der Waals surface area contributed by atoms with E-state index in [1.165, 1.54) is 38.6 Å². The van der Waals surface area contributed by atoms with Crippen molar-refractivity contribution < 1.29 is 18.9 Å². The molecule has 0 nitrogen and oxygen atoms in total. The summed E-state index contributed by atoms with van der Waals surface area (Å²) in [7, 11) is 0. The van der Waals surface area contributed by atoms with Crippen molar-refractivity contribution in [1.82, 2.24) is 0 Å². The van der Waals surface area contributed by atoms with Crippen molar-refractivity contribution in [3.8, 4) is 11.1 Å². The van der Waals surface area contributed by atoms with E-state index in [4.69, 9.17) is 0 Å². The van der Waals surface area contributed by atoms with Crippen molar-refractivity contribution in [2.75, 3.05) is 0 Å². The smallest absolute Gasteiger partial charge is 0.168 e. The third-order valence-electron chi connectivity index (χ3n) is 3.43. The van der Waals surface area contributed by atoms with Gasteiger partial charge in [-0.25, -0.2) is 0 Å². The molecule has 0 radical (unpaired) electrons. The van der Waals surface area contributed by atoms with Crippen molar-refractivity contribution in [3.63, 3.8) is 0 Å². The van der Waals surface area contributed by atoms with Crippen LogP contribution in [0.15, 0.2) is 48.5 Å². The second kappa shape index (κ2) is 5.33. The van der Waals surface area contributed by atoms with Gasteiger partial charge in [0, 0.05) is 0 Å². The summed E-state index contributed by atoms with van der Waals surface area (Å²) in [5.41, 5.74) is 6.65. The molecule has 3 aromatic carbocycles. The molecule has 90 valence electrons. The molecule has 0 aliphatic rings. The monoisotopic (exact) mass is 240 g/mol. The van der Waals surface area contributed by atoms with Crippen molar-refractivity contribution in [3.05, 3.63) is 65.2 Å². The van der Waals surface area contributed by atoms with Crippen LogP contribution in [0, 0.1) is 20.8 Å². The van der Waals surface area contributed by atoms with Crippen molar-refractivity contribution in [2.24, 2.45) is 0 Å². The Morgan fingerprint density at radius 3 is 2.11 bits per heavy atom. The molecule has 0 atom stereocenters. The number of benzene rings is 2. The minimum absolute atomic E-state index is 0. The van der Waals surface area contributed by atoms with Crippen LogP contribution >= 0.6 is 0 Å². The van der Waals surface area contributed by atoms with Crippen LogP contribution in [0.5, 0.6) is 0 Å². The summed E-state index contributed by atoms with van der Waals surface area (Å²) in [5.74, 6) is 0. The Hall–Kier alpha value is -1.35. The van der Waals surface area contributed by atoms with Crippen LogP contribution in [0.1, 0.15) is 16.7 Å². The van der Waals surface area contributed by atoms with Crippen LogP contribution < -0.4 is 18.9 Å². The number of aryl methyl sites for hydroxylation is 3. The molecule has 0 spiro atoms. The molecule has 0 aliphatic carbocycles. The van der Waals surface area contributed by atoms with Gasteiger partial charge >= 0.3 is 18.9 Å². The van der Waals surface area contributed by atoms with E-state index >= 15 is 0 Å². The molecule has 0 N–H and O–H groups in total. The number of hydrogen-bond acceptors (Lipinski definition) is 0. The van der Waals surface area contributed by atoms with Crippen LogP contribution in [0.25, 0.3) is 21.9 Å². The maximum absolute atomic E-state index is 2.29. The zero-order valence-electron chi connectivity index (χ0n) is 12.1. The number of fused-ring (bicyclic) bond motifs is 1. The fourth-order valence-corrected chi connectivity index (χ4v) is 2.77. The van der Waals surface area contributed by atoms with Crippen molar-refractivity contribution in [1.29, 1.82) is 0 Å². The van der Waals surface area contributed by atoms with Crippen LogP contribution in [-0.4, -0.2) is 0 Å². The molecule has 0 saturated heterocycles. The van der Waals surface area contributed by atoms with E-state index in [0.29, 0.717) is 0 Å². The Balaban J connectivity index is 0.00000133. The largest absolute Gasteiger partial charge is 1.00 e. The molecule has 0 saturated carbocycles. The first-order valence-electron chi connectivity index (χ1n) is 6.38. The second-order valence-corrected chi connectivity index (χ2v) is 5.22. The summed E-state index contributed by atoms with van der Waals surface area (Å²) in [4.78, 5) is 0. The molecule has 3 rings (SSSR count). The van der Waals surface area contributed by atoms with Gasteiger partial charge in [-0.05, 0) is 26.3 Å². The quantitative estimate of drug-likeness (QED) is 0.451. The van der Waals surface area contributed by atoms with Crippen LogP contribution in [0.3, 0.4) is 0 Å². The molecule has 19 heavy (non-hydrogen) atoms. The molecule has 1 heteroatoms. The number of rotatable bonds is 1. The first-order chi connectivity index (χ1) is 8.63. The summed E-state index contributed by atoms with van der Waals surface area (Å²) in [5, 5.41) is 2.69. The molecule has 3 aromatic rings. The first-order valence-corrected chi connectivity index (χ1v) is 6.38. The van der Waals surface area contributed by atoms with Gasteiger partial charge < -0.3 is 0 Å². The second-order valence-electron chi connectivity index (χ2n) is 5.22. The van der Waals surface area contributed by atoms with Gasteiger partial charge in [0.2, 0.25) is 0 Å². The van der Waals surface area contributed by atoms with Crippen molar-refractivity contribution in [2.45, 2.75) is 20.8 Å². The van der Waals surface area contributed by atoms with E-state index in [-0.39, 0.29) is 18.9 Å². The Morgan fingerprint density at radius 2 is 1.42 bits per heavy atom. The average Bonchev–Trinajstić information content (AvgIpc) is 2.74. The van der Waals surface area contributed by atoms with Crippen molar-refractivity contribution >= 4 is 10.8 Å². The molecule has 0 aromatic heterocycles. The molecular weight excluding hydrogens is 223 g/mol. The predicted octanol–water partition coefficient (Wildman–Crippen LogP) is 2.15. The molecular formula is C18H17Li. The van der Waals surface area contributed by atoms with E-state index < -0.39 is 0 Å². The summed E-state index contributed by atoms with van der Waals surface area (Å²) in [6, 6.07) is 17.8. The zero-order chi connectivity index (χ0) is 12.7. The van der Waals surface area contributed by atoms with Gasteiger partial charge in [0.25, 0.3) is 0 Å². The van der Waals surface area contributed by atoms with E-state index in [2.05, 4.69) is 69.3 Å². The molecule has 0 heterocycles. The zero-order valence-corrected chi connectivity index (χ0v) is 12.1. The molecule has 0 unspecified atom stereocenters. The van der Waals surface area contributed by atoms with Gasteiger partial charge in [-0.2, -0.15) is 12.1 Å². The van der Waals surface area contributed by atoms with E-state index in [1.54, 1.807) is 0 Å². The third-order valence-corrected chi connectivity index (χ3v) is 3.43. The molecule has 0 fully saturated rings. The molecule has 0 amide bonds. The van der Waals surface area contributed by atoms with E-state index in [9.17, 15) is 0 Å². The summed E-state index contributed by atoms with van der Waals surface area (Å²) in [6.45, 7) is 6.49. The van der Waals surface area contributed by atoms with Gasteiger partial charge in [0.1, 0.15) is 0 Å². The summed E-state index contributed by atoms with van der Waals surface area (Å²) < 4.78 is 0. The van der Waals surface area contributed by atoms with E-state index in [0.717, 1.165) is 0 Å². The van der Waals surface area contributed by atoms with Crippen LogP contribution in [0.4, 0.5) is 0 Å². The maximum atomic E-state index is 2.29. The van der Waals surface area contributed by atoms with Gasteiger partial charge in [-0.1, -0.05) is 46.5 Å². The predicted molar refractivity (Wildman–Crippen MR) is 79.2 cm³/mol. The number of hydrogen-bond donors (Lipinski definition) is 0.